The van der Waals surface area contributed by atoms with E-state index in [1.165, 1.54) is 4.88 Å². The van der Waals surface area contributed by atoms with E-state index >= 15 is 0 Å². The molecule has 0 unspecified atom stereocenters. The molecule has 2 nitrogen and oxygen atoms in total. The molecule has 0 saturated heterocycles. The molecule has 3 heteroatoms. The molecule has 0 amide bonds. The molecule has 0 aliphatic carbocycles. The zero-order valence-corrected chi connectivity index (χ0v) is 9.36. The van der Waals surface area contributed by atoms with Gasteiger partial charge >= 0.3 is 0 Å². The normalized spacial score (nSPS) is 10.0. The third-order valence-corrected chi connectivity index (χ3v) is 2.81. The Hall–Kier alpha value is -0.850. The van der Waals surface area contributed by atoms with E-state index in [1.54, 1.807) is 11.3 Å². The van der Waals surface area contributed by atoms with Crippen molar-refractivity contribution >= 4 is 11.3 Å². The lowest BCUT2D eigenvalue weighted by Crippen LogP contribution is -2.13. The van der Waals surface area contributed by atoms with Crippen LogP contribution in [0.4, 0.5) is 0 Å². The van der Waals surface area contributed by atoms with Crippen LogP contribution in [0.15, 0.2) is 6.20 Å². The summed E-state index contributed by atoms with van der Waals surface area (Å²) in [6.45, 7) is 4.00. The van der Waals surface area contributed by atoms with E-state index in [-0.39, 0.29) is 0 Å². The number of nitrogens with zero attached hydrogens (tertiary/aromatic N) is 1. The summed E-state index contributed by atoms with van der Waals surface area (Å²) in [5.74, 6) is 2.64. The minimum atomic E-state index is 0.890. The maximum absolute atomic E-state index is 5.16. The van der Waals surface area contributed by atoms with Gasteiger partial charge in [-0.2, -0.15) is 0 Å². The first kappa shape index (κ1) is 11.2. The molecule has 0 bridgehead atoms. The molecule has 1 heterocycles. The lowest BCUT2D eigenvalue weighted by atomic mass is 10.2. The topological polar surface area (TPSA) is 24.9 Å². The Morgan fingerprint density at radius 2 is 2.43 bits per heavy atom. The highest BCUT2D eigenvalue weighted by molar-refractivity contribution is 7.11. The molecule has 76 valence electrons. The van der Waals surface area contributed by atoms with Crippen LogP contribution < -0.4 is 5.32 Å². The predicted molar refractivity (Wildman–Crippen MR) is 61.2 cm³/mol. The van der Waals surface area contributed by atoms with Crippen molar-refractivity contribution in [2.45, 2.75) is 32.7 Å². The molecular formula is C11H16N2S. The number of hydrogen-bond acceptors (Lipinski definition) is 3. The van der Waals surface area contributed by atoms with Crippen molar-refractivity contribution in [2.75, 3.05) is 6.54 Å². The largest absolute Gasteiger partial charge is 0.312 e. The molecule has 1 aromatic rings. The maximum atomic E-state index is 5.16. The van der Waals surface area contributed by atoms with E-state index in [0.29, 0.717) is 0 Å². The van der Waals surface area contributed by atoms with E-state index in [0.717, 1.165) is 37.4 Å². The van der Waals surface area contributed by atoms with Crippen molar-refractivity contribution in [2.24, 2.45) is 0 Å². The fourth-order valence-electron chi connectivity index (χ4n) is 1.18. The van der Waals surface area contributed by atoms with Gasteiger partial charge in [0.15, 0.2) is 0 Å². The van der Waals surface area contributed by atoms with Gasteiger partial charge in [0.1, 0.15) is 0 Å². The first-order valence-corrected chi connectivity index (χ1v) is 5.70. The zero-order valence-electron chi connectivity index (χ0n) is 8.55. The van der Waals surface area contributed by atoms with E-state index in [1.807, 2.05) is 13.1 Å². The van der Waals surface area contributed by atoms with E-state index in [9.17, 15) is 0 Å². The SMILES string of the molecule is C#CCCCCNCc1cnc(C)s1. The van der Waals surface area contributed by atoms with Gasteiger partial charge in [-0.1, -0.05) is 0 Å². The third-order valence-electron chi connectivity index (χ3n) is 1.89. The Balaban J connectivity index is 2.02. The van der Waals surface area contributed by atoms with Crippen LogP contribution in [0.5, 0.6) is 0 Å². The number of hydrogen-bond donors (Lipinski definition) is 1. The summed E-state index contributed by atoms with van der Waals surface area (Å²) in [6, 6.07) is 0. The van der Waals surface area contributed by atoms with E-state index in [4.69, 9.17) is 6.42 Å². The molecular weight excluding hydrogens is 192 g/mol. The maximum Gasteiger partial charge on any atom is 0.0897 e. The van der Waals surface area contributed by atoms with Crippen LogP contribution in [-0.4, -0.2) is 11.5 Å². The van der Waals surface area contributed by atoms with Gasteiger partial charge in [-0.3, -0.25) is 0 Å². The first-order chi connectivity index (χ1) is 6.83. The van der Waals surface area contributed by atoms with Gasteiger partial charge in [-0.25, -0.2) is 4.98 Å². The Labute approximate surface area is 89.8 Å². The third kappa shape index (κ3) is 4.40. The number of terminal acetylenes is 1. The number of rotatable bonds is 6. The van der Waals surface area contributed by atoms with Gasteiger partial charge in [0.25, 0.3) is 0 Å². The van der Waals surface area contributed by atoms with Gasteiger partial charge in [0.05, 0.1) is 5.01 Å². The monoisotopic (exact) mass is 208 g/mol. The average molecular weight is 208 g/mol. The van der Waals surface area contributed by atoms with Crippen molar-refractivity contribution < 1.29 is 0 Å². The molecule has 0 fully saturated rings. The van der Waals surface area contributed by atoms with E-state index < -0.39 is 0 Å². The van der Waals surface area contributed by atoms with Crippen molar-refractivity contribution in [3.63, 3.8) is 0 Å². The van der Waals surface area contributed by atoms with Gasteiger partial charge in [0.2, 0.25) is 0 Å². The minimum absolute atomic E-state index is 0.890. The van der Waals surface area contributed by atoms with Gasteiger partial charge in [0, 0.05) is 24.0 Å². The molecule has 0 aliphatic heterocycles. The second-order valence-corrected chi connectivity index (χ2v) is 4.50. The summed E-state index contributed by atoms with van der Waals surface area (Å²) in [5, 5.41) is 4.51. The van der Waals surface area contributed by atoms with Crippen LogP contribution in [0.2, 0.25) is 0 Å². The number of aromatic nitrogens is 1. The van der Waals surface area contributed by atoms with E-state index in [2.05, 4.69) is 16.2 Å². The Bertz CT molecular complexity index is 298. The van der Waals surface area contributed by atoms with Crippen LogP contribution in [0, 0.1) is 19.3 Å². The number of unbranched alkanes of at least 4 members (excludes halogenated alkanes) is 2. The lowest BCUT2D eigenvalue weighted by Gasteiger charge is -2.00. The molecule has 1 N–H and O–H groups in total. The lowest BCUT2D eigenvalue weighted by molar-refractivity contribution is 0.633. The Morgan fingerprint density at radius 1 is 1.57 bits per heavy atom. The summed E-state index contributed by atoms with van der Waals surface area (Å²) < 4.78 is 0. The molecule has 0 aromatic carbocycles. The second kappa shape index (κ2) is 6.58. The van der Waals surface area contributed by atoms with Crippen molar-refractivity contribution in [3.05, 3.63) is 16.1 Å². The van der Waals surface area contributed by atoms with Crippen LogP contribution in [-0.2, 0) is 6.54 Å². The van der Waals surface area contributed by atoms with Crippen LogP contribution in [0.3, 0.4) is 0 Å². The molecule has 0 aliphatic rings. The van der Waals surface area contributed by atoms with Crippen LogP contribution >= 0.6 is 11.3 Å². The zero-order chi connectivity index (χ0) is 10.2. The molecule has 1 rings (SSSR count). The van der Waals surface area contributed by atoms with Crippen molar-refractivity contribution in [1.29, 1.82) is 0 Å². The highest BCUT2D eigenvalue weighted by Crippen LogP contribution is 2.10. The van der Waals surface area contributed by atoms with Gasteiger partial charge < -0.3 is 5.32 Å². The summed E-state index contributed by atoms with van der Waals surface area (Å²) in [6.07, 6.45) is 10.3. The number of thiazole rings is 1. The summed E-state index contributed by atoms with van der Waals surface area (Å²) in [7, 11) is 0. The second-order valence-electron chi connectivity index (χ2n) is 3.18. The summed E-state index contributed by atoms with van der Waals surface area (Å²) in [5.41, 5.74) is 0. The van der Waals surface area contributed by atoms with Crippen molar-refractivity contribution in [1.82, 2.24) is 10.3 Å². The van der Waals surface area contributed by atoms with Gasteiger partial charge in [-0.15, -0.1) is 23.7 Å². The fourth-order valence-corrected chi connectivity index (χ4v) is 1.94. The smallest absolute Gasteiger partial charge is 0.0897 e. The molecule has 0 radical (unpaired) electrons. The fraction of sp³-hybridized carbons (Fsp3) is 0.545. The molecule has 0 atom stereocenters. The van der Waals surface area contributed by atoms with Crippen LogP contribution in [0.1, 0.15) is 29.1 Å². The summed E-state index contributed by atoms with van der Waals surface area (Å²) in [4.78, 5) is 5.50. The highest BCUT2D eigenvalue weighted by Gasteiger charge is 1.96. The molecule has 14 heavy (non-hydrogen) atoms. The molecule has 0 saturated carbocycles. The number of nitrogens with one attached hydrogen (secondary N) is 1. The summed E-state index contributed by atoms with van der Waals surface area (Å²) >= 11 is 1.75. The van der Waals surface area contributed by atoms with Gasteiger partial charge in [-0.05, 0) is 26.3 Å². The Morgan fingerprint density at radius 3 is 3.07 bits per heavy atom. The molecule has 0 spiro atoms. The Kier molecular flexibility index (Phi) is 5.28. The standard InChI is InChI=1S/C11H16N2S/c1-3-4-5-6-7-12-8-11-9-13-10(2)14-11/h1,9,12H,4-8H2,2H3. The van der Waals surface area contributed by atoms with Crippen LogP contribution in [0.25, 0.3) is 0 Å². The predicted octanol–water partition coefficient (Wildman–Crippen LogP) is 2.34. The number of aryl methyl sites for hydroxylation is 1. The minimum Gasteiger partial charge on any atom is -0.312 e. The van der Waals surface area contributed by atoms with Crippen molar-refractivity contribution in [3.8, 4) is 12.3 Å². The average Bonchev–Trinajstić information content (AvgIpc) is 2.58. The quantitative estimate of drug-likeness (QED) is 0.573. The highest BCUT2D eigenvalue weighted by atomic mass is 32.1. The first-order valence-electron chi connectivity index (χ1n) is 4.88. The molecule has 1 aromatic heterocycles.